The fourth-order valence-electron chi connectivity index (χ4n) is 2.53. The zero-order chi connectivity index (χ0) is 13.8. The second kappa shape index (κ2) is 5.88. The largest absolute Gasteiger partial charge is 0.384 e. The Morgan fingerprint density at radius 3 is 2.55 bits per heavy atom. The van der Waals surface area contributed by atoms with Gasteiger partial charge in [-0.3, -0.25) is 4.90 Å². The lowest BCUT2D eigenvalue weighted by Gasteiger charge is -2.35. The van der Waals surface area contributed by atoms with Crippen molar-refractivity contribution in [2.45, 2.75) is 6.54 Å². The minimum atomic E-state index is 0.592. The van der Waals surface area contributed by atoms with Crippen molar-refractivity contribution in [1.82, 2.24) is 14.9 Å². The van der Waals surface area contributed by atoms with Gasteiger partial charge in [0.2, 0.25) is 0 Å². The van der Waals surface area contributed by atoms with E-state index in [1.807, 2.05) is 30.5 Å². The quantitative estimate of drug-likeness (QED) is 0.912. The monoisotopic (exact) mass is 269 g/mol. The van der Waals surface area contributed by atoms with Gasteiger partial charge in [-0.2, -0.15) is 0 Å². The van der Waals surface area contributed by atoms with Crippen molar-refractivity contribution in [3.63, 3.8) is 0 Å². The van der Waals surface area contributed by atoms with Crippen molar-refractivity contribution < 1.29 is 0 Å². The Bertz CT molecular complexity index is 549. The molecule has 0 aromatic carbocycles. The van der Waals surface area contributed by atoms with Crippen LogP contribution in [0.1, 0.15) is 5.56 Å². The molecule has 2 N–H and O–H groups in total. The first-order chi connectivity index (χ1) is 9.81. The van der Waals surface area contributed by atoms with Crippen molar-refractivity contribution in [2.24, 2.45) is 0 Å². The van der Waals surface area contributed by atoms with Gasteiger partial charge in [0.15, 0.2) is 0 Å². The molecule has 2 aromatic rings. The van der Waals surface area contributed by atoms with Gasteiger partial charge >= 0.3 is 0 Å². The second-order valence-corrected chi connectivity index (χ2v) is 5.04. The molecule has 1 fully saturated rings. The molecule has 0 saturated carbocycles. The number of nitrogen functional groups attached to an aromatic ring is 1. The molecule has 3 heterocycles. The molecule has 1 aliphatic rings. The van der Waals surface area contributed by atoms with Crippen LogP contribution in [0.3, 0.4) is 0 Å². The molecule has 0 spiro atoms. The molecule has 5 heteroatoms. The van der Waals surface area contributed by atoms with Crippen LogP contribution in [-0.4, -0.2) is 41.0 Å². The van der Waals surface area contributed by atoms with Crippen LogP contribution in [0.4, 0.5) is 11.6 Å². The number of nitrogens with zero attached hydrogens (tertiary/aromatic N) is 4. The number of anilines is 2. The maximum atomic E-state index is 5.72. The molecule has 20 heavy (non-hydrogen) atoms. The van der Waals surface area contributed by atoms with Crippen molar-refractivity contribution >= 4 is 11.6 Å². The van der Waals surface area contributed by atoms with Gasteiger partial charge < -0.3 is 10.6 Å². The van der Waals surface area contributed by atoms with E-state index in [2.05, 4.69) is 25.8 Å². The van der Waals surface area contributed by atoms with Crippen LogP contribution in [0.2, 0.25) is 0 Å². The van der Waals surface area contributed by atoms with Crippen molar-refractivity contribution in [1.29, 1.82) is 0 Å². The van der Waals surface area contributed by atoms with E-state index in [0.29, 0.717) is 5.82 Å². The van der Waals surface area contributed by atoms with E-state index in [4.69, 9.17) is 5.73 Å². The summed E-state index contributed by atoms with van der Waals surface area (Å²) >= 11 is 0. The van der Waals surface area contributed by atoms with Gasteiger partial charge in [-0.1, -0.05) is 6.07 Å². The Morgan fingerprint density at radius 2 is 1.85 bits per heavy atom. The van der Waals surface area contributed by atoms with Gasteiger partial charge in [0.1, 0.15) is 11.6 Å². The minimum absolute atomic E-state index is 0.592. The summed E-state index contributed by atoms with van der Waals surface area (Å²) in [6.45, 7) is 5.04. The highest BCUT2D eigenvalue weighted by atomic mass is 15.3. The third-order valence-electron chi connectivity index (χ3n) is 3.60. The van der Waals surface area contributed by atoms with Gasteiger partial charge in [0.05, 0.1) is 0 Å². The van der Waals surface area contributed by atoms with Crippen LogP contribution in [0.15, 0.2) is 42.7 Å². The molecule has 1 saturated heterocycles. The van der Waals surface area contributed by atoms with E-state index in [-0.39, 0.29) is 0 Å². The third-order valence-corrected chi connectivity index (χ3v) is 3.60. The SMILES string of the molecule is Nc1cc(CN2CCN(c3ccccn3)CC2)ccn1. The van der Waals surface area contributed by atoms with Crippen LogP contribution in [0.25, 0.3) is 0 Å². The first-order valence-electron chi connectivity index (χ1n) is 6.90. The number of pyridine rings is 2. The summed E-state index contributed by atoms with van der Waals surface area (Å²) in [6.07, 6.45) is 3.62. The lowest BCUT2D eigenvalue weighted by atomic mass is 10.2. The Hall–Kier alpha value is -2.14. The molecule has 2 aromatic heterocycles. The molecule has 0 unspecified atom stereocenters. The number of piperazine rings is 1. The Kier molecular flexibility index (Phi) is 3.78. The standard InChI is InChI=1S/C15H19N5/c16-14-11-13(4-6-17-14)12-19-7-9-20(10-8-19)15-3-1-2-5-18-15/h1-6,11H,7-10,12H2,(H2,16,17). The maximum Gasteiger partial charge on any atom is 0.128 e. The van der Waals surface area contributed by atoms with Crippen LogP contribution >= 0.6 is 0 Å². The summed E-state index contributed by atoms with van der Waals surface area (Å²) in [4.78, 5) is 13.2. The van der Waals surface area contributed by atoms with Gasteiger partial charge in [-0.15, -0.1) is 0 Å². The van der Waals surface area contributed by atoms with E-state index in [1.54, 1.807) is 6.20 Å². The molecular weight excluding hydrogens is 250 g/mol. The summed E-state index contributed by atoms with van der Waals surface area (Å²) in [5.41, 5.74) is 6.94. The number of aromatic nitrogens is 2. The summed E-state index contributed by atoms with van der Waals surface area (Å²) < 4.78 is 0. The first-order valence-corrected chi connectivity index (χ1v) is 6.90. The number of nitrogens with two attached hydrogens (primary N) is 1. The highest BCUT2D eigenvalue weighted by molar-refractivity contribution is 5.38. The van der Waals surface area contributed by atoms with E-state index < -0.39 is 0 Å². The molecule has 0 atom stereocenters. The average molecular weight is 269 g/mol. The minimum Gasteiger partial charge on any atom is -0.384 e. The molecule has 5 nitrogen and oxygen atoms in total. The van der Waals surface area contributed by atoms with E-state index in [0.717, 1.165) is 38.5 Å². The summed E-state index contributed by atoms with van der Waals surface area (Å²) in [6, 6.07) is 10.0. The van der Waals surface area contributed by atoms with Crippen LogP contribution < -0.4 is 10.6 Å². The fraction of sp³-hybridized carbons (Fsp3) is 0.333. The smallest absolute Gasteiger partial charge is 0.128 e. The predicted molar refractivity (Wildman–Crippen MR) is 80.4 cm³/mol. The van der Waals surface area contributed by atoms with Crippen molar-refractivity contribution in [3.8, 4) is 0 Å². The number of hydrogen-bond acceptors (Lipinski definition) is 5. The third kappa shape index (κ3) is 3.05. The van der Waals surface area contributed by atoms with Gasteiger partial charge in [-0.05, 0) is 29.8 Å². The van der Waals surface area contributed by atoms with Crippen LogP contribution in [0, 0.1) is 0 Å². The van der Waals surface area contributed by atoms with Crippen molar-refractivity contribution in [2.75, 3.05) is 36.8 Å². The highest BCUT2D eigenvalue weighted by Crippen LogP contribution is 2.14. The lowest BCUT2D eigenvalue weighted by Crippen LogP contribution is -2.46. The molecule has 0 aliphatic carbocycles. The zero-order valence-electron chi connectivity index (χ0n) is 11.4. The Morgan fingerprint density at radius 1 is 1.00 bits per heavy atom. The van der Waals surface area contributed by atoms with E-state index in [9.17, 15) is 0 Å². The summed E-state index contributed by atoms with van der Waals surface area (Å²) in [5.74, 6) is 1.66. The molecular formula is C15H19N5. The van der Waals surface area contributed by atoms with E-state index in [1.165, 1.54) is 5.56 Å². The molecule has 3 rings (SSSR count). The van der Waals surface area contributed by atoms with Gasteiger partial charge in [0, 0.05) is 45.1 Å². The maximum absolute atomic E-state index is 5.72. The van der Waals surface area contributed by atoms with Crippen LogP contribution in [-0.2, 0) is 6.54 Å². The van der Waals surface area contributed by atoms with Crippen molar-refractivity contribution in [3.05, 3.63) is 48.3 Å². The molecule has 0 radical (unpaired) electrons. The van der Waals surface area contributed by atoms with Gasteiger partial charge in [0.25, 0.3) is 0 Å². The molecule has 104 valence electrons. The number of hydrogen-bond donors (Lipinski definition) is 1. The van der Waals surface area contributed by atoms with E-state index >= 15 is 0 Å². The second-order valence-electron chi connectivity index (χ2n) is 5.04. The van der Waals surface area contributed by atoms with Crippen LogP contribution in [0.5, 0.6) is 0 Å². The average Bonchev–Trinajstić information content (AvgIpc) is 2.49. The first kappa shape index (κ1) is 12.9. The predicted octanol–water partition coefficient (Wildman–Crippen LogP) is 1.38. The Balaban J connectivity index is 1.56. The Labute approximate surface area is 119 Å². The zero-order valence-corrected chi connectivity index (χ0v) is 11.4. The molecule has 0 bridgehead atoms. The van der Waals surface area contributed by atoms with Gasteiger partial charge in [-0.25, -0.2) is 9.97 Å². The fourth-order valence-corrected chi connectivity index (χ4v) is 2.53. The highest BCUT2D eigenvalue weighted by Gasteiger charge is 2.17. The summed E-state index contributed by atoms with van der Waals surface area (Å²) in [7, 11) is 0. The lowest BCUT2D eigenvalue weighted by molar-refractivity contribution is 0.249. The summed E-state index contributed by atoms with van der Waals surface area (Å²) in [5, 5.41) is 0. The molecule has 1 aliphatic heterocycles. The topological polar surface area (TPSA) is 58.3 Å². The number of rotatable bonds is 3. The normalized spacial score (nSPS) is 16.3. The molecule has 0 amide bonds.